The van der Waals surface area contributed by atoms with Crippen LogP contribution in [0.25, 0.3) is 0 Å². The van der Waals surface area contributed by atoms with Crippen LogP contribution in [0.2, 0.25) is 0 Å². The molecule has 0 spiro atoms. The Labute approximate surface area is 713 Å². The number of carbonyl (C=O) groups is 18. The molecule has 0 aromatic heterocycles. The van der Waals surface area contributed by atoms with Gasteiger partial charge in [-0.25, -0.2) is 0 Å². The van der Waals surface area contributed by atoms with Crippen LogP contribution in [-0.2, 0) is 86.3 Å². The summed E-state index contributed by atoms with van der Waals surface area (Å²) in [6.07, 6.45) is 18.0. The number of thiol groups is 6. The third-order valence-electron chi connectivity index (χ3n) is 20.7. The first-order valence-electron chi connectivity index (χ1n) is 39.8. The van der Waals surface area contributed by atoms with E-state index >= 15 is 0 Å². The SMILES string of the molecule is NCC(=O)NCC(=O)N[C@@H](CO)C(=O)NCC(=O)NCC(=O)N[C@@H](CO)C(=O)NCC(=O)NCC(=O)N[C@@H](CC1CCCCC1)C(=O)N[C@@H](CS)C(=O)N[C@@H](CS)C(=O)N[C@@H](CC1CCCCC1)C(=O)N[C@@H](CS)C(=O)N[C@@H](CS)C(=O)N[C@@H](CC1CCCCC1)C(=O)N[C@@H](CS)C(=O)N[C@@H](CS)C(=O)N[C@@H](CC1CCCCC1)C(N)=O. The fraction of sp³-hybridized carbons (Fsp3) is 0.750. The average molecular weight is 1770 g/mol. The number of hydrogen-bond donors (Lipinski definition) is 27. The van der Waals surface area contributed by atoms with E-state index < -0.39 is 231 Å². The monoisotopic (exact) mass is 1760 g/mol. The zero-order chi connectivity index (χ0) is 86.5. The lowest BCUT2D eigenvalue weighted by Crippen LogP contribution is -2.62. The van der Waals surface area contributed by atoms with Crippen molar-refractivity contribution in [3.63, 3.8) is 0 Å². The van der Waals surface area contributed by atoms with Gasteiger partial charge in [0, 0.05) is 34.5 Å². The summed E-state index contributed by atoms with van der Waals surface area (Å²) in [5.74, 6) is -16.9. The minimum absolute atomic E-state index is 0.0106. The number of aliphatic hydroxyl groups is 2. The Kier molecular flexibility index (Phi) is 48.8. The lowest BCUT2D eigenvalue weighted by atomic mass is 9.84. The fourth-order valence-corrected chi connectivity index (χ4v) is 15.6. The molecule has 39 nitrogen and oxygen atoms in total. The number of nitrogens with two attached hydrogens (primary N) is 2. The van der Waals surface area contributed by atoms with E-state index in [1.807, 2.05) is 0 Å². The van der Waals surface area contributed by atoms with Gasteiger partial charge in [-0.15, -0.1) is 0 Å². The second kappa shape index (κ2) is 56.1. The summed E-state index contributed by atoms with van der Waals surface area (Å²) in [6.45, 7) is -5.82. The predicted molar refractivity (Wildman–Crippen MR) is 449 cm³/mol. The molecule has 0 saturated heterocycles. The van der Waals surface area contributed by atoms with Crippen LogP contribution in [-0.4, -0.2) is 276 Å². The van der Waals surface area contributed by atoms with Gasteiger partial charge in [-0.1, -0.05) is 128 Å². The fourth-order valence-electron chi connectivity index (χ4n) is 14.0. The number of carbonyl (C=O) groups excluding carboxylic acids is 18. The summed E-state index contributed by atoms with van der Waals surface area (Å²) in [5.41, 5.74) is 10.8. The molecule has 12 atom stereocenters. The molecule has 0 aromatic carbocycles. The van der Waals surface area contributed by atoms with E-state index in [2.05, 4.69) is 166 Å². The maximum atomic E-state index is 14.5. The highest BCUT2D eigenvalue weighted by atomic mass is 32.1. The van der Waals surface area contributed by atoms with Crippen LogP contribution in [0.15, 0.2) is 0 Å². The molecular formula is C72H121N19O20S6. The molecule has 0 radical (unpaired) electrons. The van der Waals surface area contributed by atoms with E-state index in [9.17, 15) is 96.5 Å². The normalized spacial score (nSPS) is 17.8. The van der Waals surface area contributed by atoms with Crippen molar-refractivity contribution in [2.45, 2.75) is 227 Å². The molecule has 45 heteroatoms. The van der Waals surface area contributed by atoms with Crippen molar-refractivity contribution in [1.82, 2.24) is 90.4 Å². The van der Waals surface area contributed by atoms with Gasteiger partial charge in [0.15, 0.2) is 0 Å². The topological polar surface area (TPSA) is 604 Å². The number of rotatable bonds is 51. The van der Waals surface area contributed by atoms with Crippen LogP contribution < -0.4 is 102 Å². The molecule has 0 heterocycles. The summed E-state index contributed by atoms with van der Waals surface area (Å²) in [4.78, 5) is 239. The summed E-state index contributed by atoms with van der Waals surface area (Å²) in [6, 6.07) is -16.2. The molecule has 4 rings (SSSR count). The average Bonchev–Trinajstić information content (AvgIpc) is 0.854. The molecule has 4 aliphatic rings. The molecule has 0 aliphatic heterocycles. The van der Waals surface area contributed by atoms with Crippen LogP contribution in [0, 0.1) is 23.7 Å². The van der Waals surface area contributed by atoms with Gasteiger partial charge in [-0.05, 0) is 49.4 Å². The minimum atomic E-state index is -1.65. The van der Waals surface area contributed by atoms with E-state index in [1.165, 1.54) is 0 Å². The van der Waals surface area contributed by atoms with Crippen LogP contribution in [0.1, 0.15) is 154 Å². The zero-order valence-corrected chi connectivity index (χ0v) is 71.1. The Morgan fingerprint density at radius 3 is 0.675 bits per heavy atom. The first-order chi connectivity index (χ1) is 55.9. The molecule has 4 fully saturated rings. The van der Waals surface area contributed by atoms with Gasteiger partial charge in [0.25, 0.3) is 0 Å². The van der Waals surface area contributed by atoms with Crippen molar-refractivity contribution in [2.75, 3.05) is 87.0 Å². The van der Waals surface area contributed by atoms with Crippen LogP contribution in [0.4, 0.5) is 0 Å². The first-order valence-corrected chi connectivity index (χ1v) is 43.6. The molecule has 4 aliphatic carbocycles. The summed E-state index contributed by atoms with van der Waals surface area (Å²) < 4.78 is 0. The van der Waals surface area contributed by atoms with Gasteiger partial charge in [-0.3, -0.25) is 86.3 Å². The smallest absolute Gasteiger partial charge is 0.245 e. The highest BCUT2D eigenvalue weighted by Gasteiger charge is 2.38. The van der Waals surface area contributed by atoms with Gasteiger partial charge >= 0.3 is 0 Å². The number of amides is 18. The Balaban J connectivity index is 1.35. The Morgan fingerprint density at radius 2 is 0.444 bits per heavy atom. The maximum Gasteiger partial charge on any atom is 0.245 e. The standard InChI is InChI=1S/C72H121N19O20S6/c73-25-55(94)75-28-59(98)81-47(31-92)62(101)79-27-57(96)77-30-60(99)82-48(32-93)63(102)78-26-56(95)76-29-58(97)80-44(22-40-15-7-2-8-16-40)64(103)86-52(36-115)70(109)90-50(34-113)68(107)84-46(24-42-19-11-4-12-20-42)66(105)88-54(38-117)72(111)91-51(35-114)69(108)85-45(23-41-17-9-3-10-18-41)65(104)87-53(37-116)71(110)89-49(33-112)67(106)83-43(61(74)100)21-39-13-5-1-6-14-39/h39-54,92-93,112-117H,1-38,73H2,(H2,74,100)(H,75,94)(H,76,95)(H,77,96)(H,78,102)(H,79,101)(H,80,97)(H,81,98)(H,82,99)(H,83,106)(H,84,107)(H,85,108)(H,86,103)(H,87,104)(H,88,105)(H,89,110)(H,90,109)(H,91,111)/t43-,44-,45-,46-,47-,48-,49-,50-,51-,52-,53-,54-/m0/s1. The third-order valence-corrected chi connectivity index (χ3v) is 22.9. The van der Waals surface area contributed by atoms with E-state index in [-0.39, 0.29) is 77.5 Å². The Hall–Kier alpha value is -7.56. The summed E-state index contributed by atoms with van der Waals surface area (Å²) in [7, 11) is 0. The minimum Gasteiger partial charge on any atom is -0.394 e. The zero-order valence-electron chi connectivity index (χ0n) is 65.7. The predicted octanol–water partition coefficient (Wildman–Crippen LogP) is -6.73. The van der Waals surface area contributed by atoms with E-state index in [1.54, 1.807) is 0 Å². The van der Waals surface area contributed by atoms with E-state index in [0.29, 0.717) is 32.1 Å². The quantitative estimate of drug-likeness (QED) is 0.0252. The van der Waals surface area contributed by atoms with Crippen molar-refractivity contribution < 1.29 is 96.5 Å². The van der Waals surface area contributed by atoms with Gasteiger partial charge in [0.2, 0.25) is 106 Å². The van der Waals surface area contributed by atoms with Crippen LogP contribution in [0.5, 0.6) is 0 Å². The molecule has 4 saturated carbocycles. The number of hydrogen-bond acceptors (Lipinski definition) is 27. The largest absolute Gasteiger partial charge is 0.394 e. The lowest BCUT2D eigenvalue weighted by molar-refractivity contribution is -0.135. The van der Waals surface area contributed by atoms with Gasteiger partial charge in [0.1, 0.15) is 72.5 Å². The Morgan fingerprint density at radius 1 is 0.248 bits per heavy atom. The van der Waals surface area contributed by atoms with Crippen molar-refractivity contribution in [3.8, 4) is 0 Å². The molecule has 660 valence electrons. The molecule has 23 N–H and O–H groups in total. The van der Waals surface area contributed by atoms with Gasteiger partial charge in [0.05, 0.1) is 52.5 Å². The third kappa shape index (κ3) is 38.2. The van der Waals surface area contributed by atoms with Crippen molar-refractivity contribution >= 4 is 182 Å². The van der Waals surface area contributed by atoms with Crippen molar-refractivity contribution in [3.05, 3.63) is 0 Å². The Bertz CT molecular complexity index is 3340. The molecule has 0 unspecified atom stereocenters. The molecular weight excluding hydrogens is 1640 g/mol. The number of primary amides is 1. The van der Waals surface area contributed by atoms with E-state index in [0.717, 1.165) is 103 Å². The van der Waals surface area contributed by atoms with Crippen LogP contribution in [0.3, 0.4) is 0 Å². The lowest BCUT2D eigenvalue weighted by Gasteiger charge is -2.30. The molecule has 0 aromatic rings. The van der Waals surface area contributed by atoms with E-state index in [4.69, 9.17) is 11.5 Å². The van der Waals surface area contributed by atoms with Crippen molar-refractivity contribution in [1.29, 1.82) is 0 Å². The van der Waals surface area contributed by atoms with Gasteiger partial charge < -0.3 is 112 Å². The highest BCUT2D eigenvalue weighted by Crippen LogP contribution is 2.31. The number of aliphatic hydroxyl groups excluding tert-OH is 2. The second-order valence-corrected chi connectivity index (χ2v) is 31.9. The molecule has 0 bridgehead atoms. The first kappa shape index (κ1) is 102. The molecule has 18 amide bonds. The van der Waals surface area contributed by atoms with Crippen molar-refractivity contribution in [2.24, 2.45) is 35.1 Å². The highest BCUT2D eigenvalue weighted by molar-refractivity contribution is 7.81. The number of nitrogens with one attached hydrogen (secondary N) is 17. The summed E-state index contributed by atoms with van der Waals surface area (Å²) >= 11 is 26.0. The second-order valence-electron chi connectivity index (χ2n) is 29.7. The summed E-state index contributed by atoms with van der Waals surface area (Å²) in [5, 5.41) is 60.9. The maximum absolute atomic E-state index is 14.5. The molecule has 117 heavy (non-hydrogen) atoms. The van der Waals surface area contributed by atoms with Crippen LogP contribution >= 0.6 is 75.8 Å². The van der Waals surface area contributed by atoms with Gasteiger partial charge in [-0.2, -0.15) is 75.8 Å².